The molecule has 8 heteroatoms. The maximum absolute atomic E-state index is 10.4. The van der Waals surface area contributed by atoms with Gasteiger partial charge in [0.15, 0.2) is 0 Å². The third-order valence-corrected chi connectivity index (χ3v) is 6.31. The summed E-state index contributed by atoms with van der Waals surface area (Å²) in [5.41, 5.74) is 4.40. The number of halogens is 1. The first kappa shape index (κ1) is 25.6. The summed E-state index contributed by atoms with van der Waals surface area (Å²) in [4.78, 5) is 5.00. The fourth-order valence-corrected chi connectivity index (χ4v) is 4.20. The molecule has 5 unspecified atom stereocenters. The molecule has 1 saturated heterocycles. The van der Waals surface area contributed by atoms with Crippen LogP contribution >= 0.6 is 11.6 Å². The molecular weight excluding hydrogens is 446 g/mol. The van der Waals surface area contributed by atoms with Crippen molar-refractivity contribution in [3.63, 3.8) is 0 Å². The van der Waals surface area contributed by atoms with Crippen molar-refractivity contribution in [1.29, 1.82) is 0 Å². The predicted octanol–water partition coefficient (Wildman–Crippen LogP) is 2.99. The van der Waals surface area contributed by atoms with Crippen LogP contribution in [0.25, 0.3) is 0 Å². The van der Waals surface area contributed by atoms with Gasteiger partial charge in [0.1, 0.15) is 37.6 Å². The summed E-state index contributed by atoms with van der Waals surface area (Å²) in [5, 5.41) is 44.8. The molecule has 0 aliphatic carbocycles. The third-order valence-electron chi connectivity index (χ3n) is 5.94. The summed E-state index contributed by atoms with van der Waals surface area (Å²) in [6.45, 7) is 1.66. The smallest absolute Gasteiger partial charge is 0.113 e. The summed E-state index contributed by atoms with van der Waals surface area (Å²) in [5.74, 6) is 0. The van der Waals surface area contributed by atoms with E-state index in [-0.39, 0.29) is 0 Å². The summed E-state index contributed by atoms with van der Waals surface area (Å²) >= 11 is 6.44. The lowest BCUT2D eigenvalue weighted by molar-refractivity contribution is -0.231. The number of oxime groups is 1. The number of unbranched alkanes of at least 4 members (excludes halogenated alkanes) is 1. The van der Waals surface area contributed by atoms with Gasteiger partial charge in [-0.15, -0.1) is 0 Å². The van der Waals surface area contributed by atoms with Gasteiger partial charge in [0.05, 0.1) is 12.3 Å². The van der Waals surface area contributed by atoms with Crippen molar-refractivity contribution in [2.24, 2.45) is 5.16 Å². The molecule has 1 aliphatic rings. The second-order valence-electron chi connectivity index (χ2n) is 8.30. The van der Waals surface area contributed by atoms with Gasteiger partial charge in [-0.1, -0.05) is 66.5 Å². The Balaban J connectivity index is 1.80. The zero-order valence-electron chi connectivity index (χ0n) is 18.9. The first-order valence-electron chi connectivity index (χ1n) is 11.2. The number of rotatable bonds is 9. The first-order chi connectivity index (χ1) is 15.9. The molecular formula is C25H32ClNO6. The second-order valence-corrected chi connectivity index (χ2v) is 8.71. The van der Waals surface area contributed by atoms with Gasteiger partial charge in [0.25, 0.3) is 0 Å². The van der Waals surface area contributed by atoms with Crippen molar-refractivity contribution in [2.75, 3.05) is 13.7 Å². The number of aliphatic hydroxyl groups excluding tert-OH is 4. The van der Waals surface area contributed by atoms with Crippen molar-refractivity contribution in [1.82, 2.24) is 0 Å². The first-order valence-corrected chi connectivity index (χ1v) is 11.6. The minimum Gasteiger partial charge on any atom is -0.399 e. The topological polar surface area (TPSA) is 112 Å². The van der Waals surface area contributed by atoms with E-state index in [0.717, 1.165) is 41.7 Å². The third kappa shape index (κ3) is 6.12. The van der Waals surface area contributed by atoms with Crippen LogP contribution in [-0.4, -0.2) is 64.3 Å². The molecule has 0 aromatic heterocycles. The monoisotopic (exact) mass is 477 g/mol. The van der Waals surface area contributed by atoms with Crippen molar-refractivity contribution < 1.29 is 30.0 Å². The molecule has 1 aliphatic heterocycles. The van der Waals surface area contributed by atoms with E-state index in [2.05, 4.69) is 12.1 Å². The van der Waals surface area contributed by atoms with E-state index in [1.807, 2.05) is 30.3 Å². The summed E-state index contributed by atoms with van der Waals surface area (Å²) < 4.78 is 5.68. The Bertz CT molecular complexity index is 933. The molecule has 3 rings (SSSR count). The standard InChI is InChI=1S/C25H32ClNO6/c1-3-4-5-20(27-32-2)16-8-6-15(7-9-16)12-18-13-17(10-11-19(18)26)25-24(31)23(30)22(29)21(14-28)33-25/h6-11,13,21-25,28-31H,3-5,12,14H2,1-2H3. The van der Waals surface area contributed by atoms with Crippen LogP contribution in [0.1, 0.15) is 54.5 Å². The van der Waals surface area contributed by atoms with E-state index in [1.165, 1.54) is 0 Å². The van der Waals surface area contributed by atoms with E-state index < -0.39 is 37.1 Å². The number of hydrogen-bond donors (Lipinski definition) is 4. The zero-order chi connectivity index (χ0) is 24.0. The molecule has 1 fully saturated rings. The Morgan fingerprint density at radius 2 is 1.79 bits per heavy atom. The Morgan fingerprint density at radius 3 is 2.42 bits per heavy atom. The average molecular weight is 478 g/mol. The van der Waals surface area contributed by atoms with Gasteiger partial charge in [-0.3, -0.25) is 0 Å². The fourth-order valence-electron chi connectivity index (χ4n) is 4.02. The molecule has 180 valence electrons. The minimum atomic E-state index is -1.43. The number of ether oxygens (including phenoxy) is 1. The van der Waals surface area contributed by atoms with Crippen molar-refractivity contribution in [3.8, 4) is 0 Å². The predicted molar refractivity (Wildman–Crippen MR) is 126 cm³/mol. The van der Waals surface area contributed by atoms with Crippen molar-refractivity contribution >= 4 is 17.3 Å². The van der Waals surface area contributed by atoms with Crippen LogP contribution in [0.4, 0.5) is 0 Å². The molecule has 5 atom stereocenters. The van der Waals surface area contributed by atoms with Crippen LogP contribution in [0.5, 0.6) is 0 Å². The summed E-state index contributed by atoms with van der Waals surface area (Å²) in [7, 11) is 1.55. The summed E-state index contributed by atoms with van der Waals surface area (Å²) in [6, 6.07) is 13.3. The van der Waals surface area contributed by atoms with Gasteiger partial charge < -0.3 is 30.0 Å². The van der Waals surface area contributed by atoms with Crippen LogP contribution in [0.3, 0.4) is 0 Å². The summed E-state index contributed by atoms with van der Waals surface area (Å²) in [6.07, 6.45) is -2.52. The van der Waals surface area contributed by atoms with Crippen LogP contribution in [0, 0.1) is 0 Å². The maximum Gasteiger partial charge on any atom is 0.113 e. The lowest BCUT2D eigenvalue weighted by Crippen LogP contribution is -2.55. The van der Waals surface area contributed by atoms with Crippen LogP contribution in [0.2, 0.25) is 5.02 Å². The van der Waals surface area contributed by atoms with E-state index in [4.69, 9.17) is 21.2 Å². The van der Waals surface area contributed by atoms with Gasteiger partial charge in [0, 0.05) is 5.02 Å². The number of nitrogens with zero attached hydrogens (tertiary/aromatic N) is 1. The van der Waals surface area contributed by atoms with Gasteiger partial charge in [-0.05, 0) is 47.6 Å². The van der Waals surface area contributed by atoms with Gasteiger partial charge in [-0.25, -0.2) is 0 Å². The van der Waals surface area contributed by atoms with Gasteiger partial charge in [0.2, 0.25) is 0 Å². The number of benzene rings is 2. The highest BCUT2D eigenvalue weighted by Gasteiger charge is 2.44. The fraction of sp³-hybridized carbons (Fsp3) is 0.480. The molecule has 33 heavy (non-hydrogen) atoms. The van der Waals surface area contributed by atoms with E-state index >= 15 is 0 Å². The van der Waals surface area contributed by atoms with E-state index in [1.54, 1.807) is 19.2 Å². The Kier molecular flexibility index (Phi) is 9.26. The van der Waals surface area contributed by atoms with Crippen LogP contribution in [-0.2, 0) is 16.0 Å². The van der Waals surface area contributed by atoms with Crippen molar-refractivity contribution in [3.05, 3.63) is 69.7 Å². The second kappa shape index (κ2) is 11.9. The molecule has 0 radical (unpaired) electrons. The maximum atomic E-state index is 10.4. The lowest BCUT2D eigenvalue weighted by atomic mass is 9.90. The van der Waals surface area contributed by atoms with E-state index in [0.29, 0.717) is 17.0 Å². The Morgan fingerprint density at radius 1 is 1.06 bits per heavy atom. The molecule has 1 heterocycles. The lowest BCUT2D eigenvalue weighted by Gasteiger charge is -2.40. The quantitative estimate of drug-likeness (QED) is 0.326. The Labute approximate surface area is 199 Å². The molecule has 0 bridgehead atoms. The SMILES string of the molecule is CCCCC(=NOC)c1ccc(Cc2cc(C3OC(CO)C(O)C(O)C3O)ccc2Cl)cc1. The van der Waals surface area contributed by atoms with Gasteiger partial charge in [-0.2, -0.15) is 0 Å². The highest BCUT2D eigenvalue weighted by Crippen LogP contribution is 2.34. The highest BCUT2D eigenvalue weighted by atomic mass is 35.5. The number of hydrogen-bond acceptors (Lipinski definition) is 7. The van der Waals surface area contributed by atoms with Crippen LogP contribution in [0.15, 0.2) is 47.6 Å². The largest absolute Gasteiger partial charge is 0.399 e. The van der Waals surface area contributed by atoms with E-state index in [9.17, 15) is 20.4 Å². The molecule has 2 aromatic carbocycles. The molecule has 4 N–H and O–H groups in total. The highest BCUT2D eigenvalue weighted by molar-refractivity contribution is 6.31. The molecule has 2 aromatic rings. The zero-order valence-corrected chi connectivity index (χ0v) is 19.7. The molecule has 0 spiro atoms. The minimum absolute atomic E-state index is 0.471. The number of aliphatic hydroxyl groups is 4. The Hall–Kier alpha value is -2.00. The normalized spacial score (nSPS) is 25.8. The molecule has 7 nitrogen and oxygen atoms in total. The van der Waals surface area contributed by atoms with Crippen LogP contribution < -0.4 is 0 Å². The van der Waals surface area contributed by atoms with Gasteiger partial charge >= 0.3 is 0 Å². The van der Waals surface area contributed by atoms with Crippen molar-refractivity contribution in [2.45, 2.75) is 63.1 Å². The average Bonchev–Trinajstić information content (AvgIpc) is 2.82. The molecule has 0 saturated carbocycles. The molecule has 0 amide bonds.